The summed E-state index contributed by atoms with van der Waals surface area (Å²) in [4.78, 5) is 29.5. The number of rotatable bonds is 35. The molecule has 47 heavy (non-hydrogen) atoms. The van der Waals surface area contributed by atoms with E-state index < -0.39 is 6.04 Å². The summed E-state index contributed by atoms with van der Waals surface area (Å²) in [7, 11) is 1.62. The molecule has 0 aromatic carbocycles. The molecule has 5 N–H and O–H groups in total. The average molecular weight is 662 g/mol. The maximum atomic E-state index is 13.0. The zero-order valence-corrected chi connectivity index (χ0v) is 31.5. The fourth-order valence-corrected chi connectivity index (χ4v) is 5.97. The van der Waals surface area contributed by atoms with Gasteiger partial charge in [0, 0.05) is 26.6 Å². The Balaban J connectivity index is 4.02. The Morgan fingerprint density at radius 3 is 1.47 bits per heavy atom. The van der Waals surface area contributed by atoms with Gasteiger partial charge in [-0.25, -0.2) is 0 Å². The molecule has 0 aliphatic heterocycles. The first kappa shape index (κ1) is 45.0. The van der Waals surface area contributed by atoms with Gasteiger partial charge in [-0.1, -0.05) is 161 Å². The highest BCUT2D eigenvalue weighted by atomic mass is 16.2. The minimum atomic E-state index is -0.561. The van der Waals surface area contributed by atoms with Crippen molar-refractivity contribution in [1.82, 2.24) is 16.0 Å². The van der Waals surface area contributed by atoms with Gasteiger partial charge in [-0.3, -0.25) is 14.6 Å². The molecule has 0 bridgehead atoms. The number of unbranched alkanes of at least 4 members (excludes halogenated alkanes) is 24. The fraction of sp³-hybridized carbons (Fsp3) is 0.875. The molecule has 0 aromatic rings. The second kappa shape index (κ2) is 36.8. The van der Waals surface area contributed by atoms with Crippen LogP contribution in [0.15, 0.2) is 17.1 Å². The molecule has 2 amide bonds. The second-order valence-corrected chi connectivity index (χ2v) is 13.7. The van der Waals surface area contributed by atoms with Gasteiger partial charge in [-0.05, 0) is 44.9 Å². The third kappa shape index (κ3) is 33.6. The molecule has 0 heterocycles. The molecule has 0 aliphatic rings. The van der Waals surface area contributed by atoms with Gasteiger partial charge in [0.15, 0.2) is 5.96 Å². The highest BCUT2D eigenvalue weighted by Crippen LogP contribution is 2.13. The lowest BCUT2D eigenvalue weighted by atomic mass is 10.0. The minimum Gasteiger partial charge on any atom is -0.370 e. The van der Waals surface area contributed by atoms with Crippen LogP contribution in [-0.4, -0.2) is 44.0 Å². The van der Waals surface area contributed by atoms with E-state index in [1.807, 2.05) is 0 Å². The lowest BCUT2D eigenvalue weighted by Crippen LogP contribution is -2.48. The highest BCUT2D eigenvalue weighted by molar-refractivity contribution is 5.87. The molecule has 0 radical (unpaired) electrons. The van der Waals surface area contributed by atoms with Gasteiger partial charge in [0.05, 0.1) is 0 Å². The Bertz CT molecular complexity index is 755. The SMILES string of the molecule is CCCCCCCCC=CCCCCCCCC(=O)NC(CCNC(N)=NC)C(=O)NCCCCCCCCCCCCCCCC. The maximum Gasteiger partial charge on any atom is 0.242 e. The van der Waals surface area contributed by atoms with E-state index in [0.717, 1.165) is 38.5 Å². The third-order valence-electron chi connectivity index (χ3n) is 9.13. The number of hydrogen-bond acceptors (Lipinski definition) is 3. The van der Waals surface area contributed by atoms with E-state index in [1.54, 1.807) is 7.05 Å². The van der Waals surface area contributed by atoms with Gasteiger partial charge in [-0.2, -0.15) is 0 Å². The van der Waals surface area contributed by atoms with Crippen LogP contribution in [0.25, 0.3) is 0 Å². The quantitative estimate of drug-likeness (QED) is 0.0235. The van der Waals surface area contributed by atoms with E-state index in [2.05, 4.69) is 46.9 Å². The van der Waals surface area contributed by atoms with Crippen molar-refractivity contribution in [2.45, 2.75) is 206 Å². The summed E-state index contributed by atoms with van der Waals surface area (Å²) in [6.45, 7) is 5.68. The number of nitrogens with one attached hydrogen (secondary N) is 3. The van der Waals surface area contributed by atoms with E-state index in [9.17, 15) is 9.59 Å². The van der Waals surface area contributed by atoms with Crippen LogP contribution < -0.4 is 21.7 Å². The number of nitrogens with two attached hydrogens (primary N) is 1. The monoisotopic (exact) mass is 662 g/mol. The number of carbonyl (C=O) groups excluding carboxylic acids is 2. The Labute approximate surface area is 291 Å². The summed E-state index contributed by atoms with van der Waals surface area (Å²) >= 11 is 0. The first-order valence-electron chi connectivity index (χ1n) is 20.2. The predicted octanol–water partition coefficient (Wildman–Crippen LogP) is 10.0. The number of nitrogens with zero attached hydrogens (tertiary/aromatic N) is 1. The van der Waals surface area contributed by atoms with Crippen molar-refractivity contribution in [2.75, 3.05) is 20.1 Å². The lowest BCUT2D eigenvalue weighted by molar-refractivity contribution is -0.129. The van der Waals surface area contributed by atoms with Crippen LogP contribution in [0.2, 0.25) is 0 Å². The van der Waals surface area contributed by atoms with E-state index in [0.29, 0.717) is 31.9 Å². The van der Waals surface area contributed by atoms with Crippen LogP contribution in [-0.2, 0) is 9.59 Å². The Morgan fingerprint density at radius 1 is 0.574 bits per heavy atom. The van der Waals surface area contributed by atoms with Crippen molar-refractivity contribution in [3.05, 3.63) is 12.2 Å². The van der Waals surface area contributed by atoms with Crippen LogP contribution >= 0.6 is 0 Å². The van der Waals surface area contributed by atoms with Crippen molar-refractivity contribution in [2.24, 2.45) is 10.7 Å². The average Bonchev–Trinajstić information content (AvgIpc) is 3.07. The van der Waals surface area contributed by atoms with Crippen LogP contribution in [0.1, 0.15) is 200 Å². The van der Waals surface area contributed by atoms with Gasteiger partial charge in [0.2, 0.25) is 11.8 Å². The van der Waals surface area contributed by atoms with E-state index in [1.165, 1.54) is 135 Å². The highest BCUT2D eigenvalue weighted by Gasteiger charge is 2.20. The summed E-state index contributed by atoms with van der Waals surface area (Å²) in [5.41, 5.74) is 5.75. The Hall–Kier alpha value is -2.05. The van der Waals surface area contributed by atoms with Gasteiger partial charge < -0.3 is 21.7 Å². The lowest BCUT2D eigenvalue weighted by Gasteiger charge is -2.19. The molecule has 0 rings (SSSR count). The van der Waals surface area contributed by atoms with Crippen molar-refractivity contribution in [3.8, 4) is 0 Å². The molecule has 1 atom stereocenters. The molecule has 0 saturated heterocycles. The Kier molecular flexibility index (Phi) is 35.2. The molecule has 0 spiro atoms. The van der Waals surface area contributed by atoms with E-state index >= 15 is 0 Å². The van der Waals surface area contributed by atoms with Crippen LogP contribution in [0.5, 0.6) is 0 Å². The van der Waals surface area contributed by atoms with Gasteiger partial charge >= 0.3 is 0 Å². The summed E-state index contributed by atoms with van der Waals surface area (Å²) < 4.78 is 0. The molecule has 7 heteroatoms. The first-order chi connectivity index (χ1) is 23.0. The van der Waals surface area contributed by atoms with Crippen LogP contribution in [0.4, 0.5) is 0 Å². The summed E-state index contributed by atoms with van der Waals surface area (Å²) in [6, 6.07) is -0.561. The fourth-order valence-electron chi connectivity index (χ4n) is 5.97. The molecule has 1 unspecified atom stereocenters. The number of aliphatic imine (C=N–C) groups is 1. The number of hydrogen-bond donors (Lipinski definition) is 4. The topological polar surface area (TPSA) is 109 Å². The molecule has 0 fully saturated rings. The van der Waals surface area contributed by atoms with Crippen molar-refractivity contribution < 1.29 is 9.59 Å². The van der Waals surface area contributed by atoms with Gasteiger partial charge in [-0.15, -0.1) is 0 Å². The number of allylic oxidation sites excluding steroid dienone is 2. The zero-order valence-electron chi connectivity index (χ0n) is 31.5. The van der Waals surface area contributed by atoms with E-state index in [4.69, 9.17) is 5.73 Å². The molecular weight excluding hydrogens is 582 g/mol. The normalized spacial score (nSPS) is 12.4. The standard InChI is InChI=1S/C40H79N5O2/c1-4-6-8-10-12-14-16-18-20-21-23-25-27-29-31-33-38(46)45-37(34-36-44-40(41)42-3)39(47)43-35-32-30-28-26-24-22-19-17-15-13-11-9-7-5-2/h18,20,37H,4-17,19,21-36H2,1-3H3,(H,43,47)(H,45,46)(H3,41,42,44). The summed E-state index contributed by atoms with van der Waals surface area (Å²) in [5, 5.41) is 9.04. The number of carbonyl (C=O) groups is 2. The molecule has 0 saturated carbocycles. The minimum absolute atomic E-state index is 0.0450. The zero-order chi connectivity index (χ0) is 34.5. The van der Waals surface area contributed by atoms with E-state index in [-0.39, 0.29) is 11.8 Å². The van der Waals surface area contributed by atoms with Crippen LogP contribution in [0.3, 0.4) is 0 Å². The molecule has 0 aliphatic carbocycles. The molecule has 276 valence electrons. The second-order valence-electron chi connectivity index (χ2n) is 13.7. The van der Waals surface area contributed by atoms with Gasteiger partial charge in [0.25, 0.3) is 0 Å². The number of amides is 2. The molecule has 7 nitrogen and oxygen atoms in total. The van der Waals surface area contributed by atoms with Gasteiger partial charge in [0.1, 0.15) is 6.04 Å². The first-order valence-corrected chi connectivity index (χ1v) is 20.2. The summed E-state index contributed by atoms with van der Waals surface area (Å²) in [6.07, 6.45) is 40.1. The van der Waals surface area contributed by atoms with Crippen LogP contribution in [0, 0.1) is 0 Å². The third-order valence-corrected chi connectivity index (χ3v) is 9.13. The molecule has 0 aromatic heterocycles. The van der Waals surface area contributed by atoms with Crippen molar-refractivity contribution in [1.29, 1.82) is 0 Å². The smallest absolute Gasteiger partial charge is 0.242 e. The van der Waals surface area contributed by atoms with Crippen molar-refractivity contribution >= 4 is 17.8 Å². The predicted molar refractivity (Wildman–Crippen MR) is 205 cm³/mol. The number of guanidine groups is 1. The molecular formula is C40H79N5O2. The Morgan fingerprint density at radius 2 is 1.00 bits per heavy atom. The van der Waals surface area contributed by atoms with Crippen molar-refractivity contribution in [3.63, 3.8) is 0 Å². The maximum absolute atomic E-state index is 13.0. The largest absolute Gasteiger partial charge is 0.370 e. The summed E-state index contributed by atoms with van der Waals surface area (Å²) in [5.74, 6) is 0.189.